The molecule has 3 rings (SSSR count). The topological polar surface area (TPSA) is 59.3 Å². The molecule has 19 heavy (non-hydrogen) atoms. The van der Waals surface area contributed by atoms with E-state index in [-0.39, 0.29) is 12.6 Å². The maximum Gasteiger partial charge on any atom is 0.231 e. The van der Waals surface area contributed by atoms with Gasteiger partial charge in [-0.1, -0.05) is 6.07 Å². The van der Waals surface area contributed by atoms with Crippen LogP contribution < -0.4 is 9.47 Å². The number of nitrogens with zero attached hydrogens (tertiary/aromatic N) is 1. The molecular weight excluding hydrogens is 262 g/mol. The molecule has 1 unspecified atom stereocenters. The predicted octanol–water partition coefficient (Wildman–Crippen LogP) is 2.97. The highest BCUT2D eigenvalue weighted by atomic mass is 32.1. The quantitative estimate of drug-likeness (QED) is 0.805. The molecular formula is C14H9NO3S. The Bertz CT molecular complexity index is 658. The summed E-state index contributed by atoms with van der Waals surface area (Å²) in [5.41, 5.74) is 1.19. The van der Waals surface area contributed by atoms with Gasteiger partial charge in [0.15, 0.2) is 17.3 Å². The molecule has 2 heterocycles. The summed E-state index contributed by atoms with van der Waals surface area (Å²) in [6, 6.07) is 8.93. The number of carbonyl (C=O) groups is 1. The average molecular weight is 271 g/mol. The van der Waals surface area contributed by atoms with E-state index >= 15 is 0 Å². The van der Waals surface area contributed by atoms with E-state index in [2.05, 4.69) is 6.07 Å². The molecule has 1 atom stereocenters. The maximum absolute atomic E-state index is 12.2. The van der Waals surface area contributed by atoms with E-state index in [1.54, 1.807) is 29.6 Å². The van der Waals surface area contributed by atoms with Crippen molar-refractivity contribution >= 4 is 17.1 Å². The van der Waals surface area contributed by atoms with Crippen LogP contribution in [0.15, 0.2) is 35.0 Å². The lowest BCUT2D eigenvalue weighted by molar-refractivity contribution is 0.0979. The van der Waals surface area contributed by atoms with Crippen LogP contribution in [0.2, 0.25) is 0 Å². The Morgan fingerprint density at radius 3 is 2.89 bits per heavy atom. The van der Waals surface area contributed by atoms with Gasteiger partial charge in [0.2, 0.25) is 6.79 Å². The standard InChI is InChI=1S/C14H9NO3S/c15-6-11(14(16)10-3-4-19-7-10)9-1-2-12-13(5-9)18-8-17-12/h1-5,7,11H,8H2. The minimum Gasteiger partial charge on any atom is -0.454 e. The fourth-order valence-corrected chi connectivity index (χ4v) is 2.59. The van der Waals surface area contributed by atoms with Crippen molar-refractivity contribution in [3.05, 3.63) is 46.2 Å². The number of rotatable bonds is 3. The van der Waals surface area contributed by atoms with Crippen molar-refractivity contribution in [2.45, 2.75) is 5.92 Å². The summed E-state index contributed by atoms with van der Waals surface area (Å²) in [4.78, 5) is 12.2. The number of benzene rings is 1. The molecule has 1 aliphatic rings. The summed E-state index contributed by atoms with van der Waals surface area (Å²) in [6.07, 6.45) is 0. The van der Waals surface area contributed by atoms with Gasteiger partial charge in [-0.05, 0) is 29.1 Å². The summed E-state index contributed by atoms with van der Waals surface area (Å²) in [5.74, 6) is 0.214. The van der Waals surface area contributed by atoms with Crippen molar-refractivity contribution in [3.63, 3.8) is 0 Å². The lowest BCUT2D eigenvalue weighted by Gasteiger charge is -2.08. The number of hydrogen-bond acceptors (Lipinski definition) is 5. The van der Waals surface area contributed by atoms with Crippen molar-refractivity contribution in [2.75, 3.05) is 6.79 Å². The van der Waals surface area contributed by atoms with Crippen LogP contribution in [-0.2, 0) is 0 Å². The molecule has 0 spiro atoms. The number of carbonyl (C=O) groups excluding carboxylic acids is 1. The molecule has 1 aromatic heterocycles. The van der Waals surface area contributed by atoms with Gasteiger partial charge < -0.3 is 9.47 Å². The molecule has 0 amide bonds. The van der Waals surface area contributed by atoms with E-state index in [1.165, 1.54) is 11.3 Å². The molecule has 0 radical (unpaired) electrons. The number of ether oxygens (including phenoxy) is 2. The van der Waals surface area contributed by atoms with Crippen LogP contribution in [0.25, 0.3) is 0 Å². The molecule has 0 saturated carbocycles. The number of thiophene rings is 1. The first kappa shape index (κ1) is 11.8. The summed E-state index contributed by atoms with van der Waals surface area (Å²) in [5, 5.41) is 12.8. The van der Waals surface area contributed by atoms with Gasteiger partial charge in [0, 0.05) is 10.9 Å². The number of ketones is 1. The van der Waals surface area contributed by atoms with E-state index in [0.29, 0.717) is 22.6 Å². The molecule has 0 saturated heterocycles. The molecule has 0 N–H and O–H groups in total. The molecule has 1 aliphatic heterocycles. The molecule has 0 fully saturated rings. The van der Waals surface area contributed by atoms with E-state index in [4.69, 9.17) is 9.47 Å². The zero-order valence-electron chi connectivity index (χ0n) is 9.83. The fraction of sp³-hybridized carbons (Fsp3) is 0.143. The Hall–Kier alpha value is -2.32. The second-order valence-electron chi connectivity index (χ2n) is 4.05. The van der Waals surface area contributed by atoms with Crippen molar-refractivity contribution in [2.24, 2.45) is 0 Å². The third kappa shape index (κ3) is 2.07. The van der Waals surface area contributed by atoms with Crippen LogP contribution in [0.5, 0.6) is 11.5 Å². The first-order valence-corrected chi connectivity index (χ1v) is 6.59. The zero-order valence-corrected chi connectivity index (χ0v) is 10.6. The van der Waals surface area contributed by atoms with Gasteiger partial charge in [0.05, 0.1) is 6.07 Å². The summed E-state index contributed by atoms with van der Waals surface area (Å²) < 4.78 is 10.5. The van der Waals surface area contributed by atoms with Crippen LogP contribution in [0.1, 0.15) is 21.8 Å². The lowest BCUT2D eigenvalue weighted by atomic mass is 9.93. The molecule has 0 aliphatic carbocycles. The van der Waals surface area contributed by atoms with E-state index < -0.39 is 5.92 Å². The molecule has 0 bridgehead atoms. The highest BCUT2D eigenvalue weighted by Crippen LogP contribution is 2.35. The van der Waals surface area contributed by atoms with E-state index in [1.807, 2.05) is 5.38 Å². The number of hydrogen-bond donors (Lipinski definition) is 0. The van der Waals surface area contributed by atoms with E-state index in [0.717, 1.165) is 0 Å². The van der Waals surface area contributed by atoms with Crippen molar-refractivity contribution in [1.29, 1.82) is 5.26 Å². The molecule has 4 nitrogen and oxygen atoms in total. The van der Waals surface area contributed by atoms with Gasteiger partial charge >= 0.3 is 0 Å². The fourth-order valence-electron chi connectivity index (χ4n) is 1.95. The minimum atomic E-state index is -0.816. The Morgan fingerprint density at radius 2 is 2.16 bits per heavy atom. The summed E-state index contributed by atoms with van der Waals surface area (Å²) in [7, 11) is 0. The summed E-state index contributed by atoms with van der Waals surface area (Å²) in [6.45, 7) is 0.175. The van der Waals surface area contributed by atoms with Crippen molar-refractivity contribution in [1.82, 2.24) is 0 Å². The van der Waals surface area contributed by atoms with Gasteiger partial charge in [-0.25, -0.2) is 0 Å². The highest BCUT2D eigenvalue weighted by molar-refractivity contribution is 7.08. The van der Waals surface area contributed by atoms with Crippen LogP contribution in [0, 0.1) is 11.3 Å². The predicted molar refractivity (Wildman–Crippen MR) is 69.6 cm³/mol. The van der Waals surface area contributed by atoms with Crippen molar-refractivity contribution < 1.29 is 14.3 Å². The monoisotopic (exact) mass is 271 g/mol. The molecule has 94 valence electrons. The van der Waals surface area contributed by atoms with Crippen molar-refractivity contribution in [3.8, 4) is 17.6 Å². The summed E-state index contributed by atoms with van der Waals surface area (Å²) >= 11 is 1.44. The Labute approximate surface area is 113 Å². The minimum absolute atomic E-state index is 0.175. The third-order valence-electron chi connectivity index (χ3n) is 2.93. The average Bonchev–Trinajstić information content (AvgIpc) is 3.10. The van der Waals surface area contributed by atoms with Crippen LogP contribution in [0.3, 0.4) is 0 Å². The lowest BCUT2D eigenvalue weighted by Crippen LogP contribution is -2.10. The van der Waals surface area contributed by atoms with Crippen LogP contribution in [-0.4, -0.2) is 12.6 Å². The highest BCUT2D eigenvalue weighted by Gasteiger charge is 2.24. The van der Waals surface area contributed by atoms with E-state index in [9.17, 15) is 10.1 Å². The van der Waals surface area contributed by atoms with Gasteiger partial charge in [0.25, 0.3) is 0 Å². The van der Waals surface area contributed by atoms with Gasteiger partial charge in [-0.15, -0.1) is 0 Å². The molecule has 1 aromatic carbocycles. The first-order valence-electron chi connectivity index (χ1n) is 5.65. The molecule has 2 aromatic rings. The molecule has 5 heteroatoms. The first-order chi connectivity index (χ1) is 9.29. The Kier molecular flexibility index (Phi) is 2.94. The largest absolute Gasteiger partial charge is 0.454 e. The second-order valence-corrected chi connectivity index (χ2v) is 4.83. The van der Waals surface area contributed by atoms with Crippen LogP contribution in [0.4, 0.5) is 0 Å². The number of fused-ring (bicyclic) bond motifs is 1. The van der Waals surface area contributed by atoms with Gasteiger partial charge in [-0.3, -0.25) is 4.79 Å². The zero-order chi connectivity index (χ0) is 13.2. The normalized spacial score (nSPS) is 13.8. The smallest absolute Gasteiger partial charge is 0.231 e. The van der Waals surface area contributed by atoms with Gasteiger partial charge in [0.1, 0.15) is 5.92 Å². The SMILES string of the molecule is N#CC(C(=O)c1ccsc1)c1ccc2c(c1)OCO2. The number of nitriles is 1. The second kappa shape index (κ2) is 4.75. The number of Topliss-reactive ketones (excluding diaryl/α,β-unsaturated/α-hetero) is 1. The Morgan fingerprint density at radius 1 is 1.32 bits per heavy atom. The Balaban J connectivity index is 1.95. The third-order valence-corrected chi connectivity index (χ3v) is 3.61. The van der Waals surface area contributed by atoms with Crippen LogP contribution >= 0.6 is 11.3 Å². The van der Waals surface area contributed by atoms with Gasteiger partial charge in [-0.2, -0.15) is 16.6 Å². The maximum atomic E-state index is 12.2.